The second-order valence-corrected chi connectivity index (χ2v) is 4.07. The van der Waals surface area contributed by atoms with Crippen LogP contribution in [0.2, 0.25) is 5.02 Å². The molecule has 0 radical (unpaired) electrons. The number of halogens is 1. The highest BCUT2D eigenvalue weighted by Gasteiger charge is 2.14. The monoisotopic (exact) mass is 267 g/mol. The highest BCUT2D eigenvalue weighted by molar-refractivity contribution is 6.33. The van der Waals surface area contributed by atoms with Crippen LogP contribution in [-0.4, -0.2) is 23.4 Å². The summed E-state index contributed by atoms with van der Waals surface area (Å²) in [6.07, 6.45) is 0.599. The molecule has 2 aromatic rings. The lowest BCUT2D eigenvalue weighted by atomic mass is 10.2. The van der Waals surface area contributed by atoms with Gasteiger partial charge in [-0.05, 0) is 19.1 Å². The molecule has 0 aliphatic rings. The molecule has 1 aromatic carbocycles. The Labute approximate surface area is 110 Å². The quantitative estimate of drug-likeness (QED) is 0.666. The first-order valence-electron chi connectivity index (χ1n) is 5.67. The molecule has 0 aliphatic carbocycles. The van der Waals surface area contributed by atoms with Crippen molar-refractivity contribution in [1.29, 1.82) is 0 Å². The second-order valence-electron chi connectivity index (χ2n) is 3.67. The summed E-state index contributed by atoms with van der Waals surface area (Å²) in [6.45, 7) is 3.17. The van der Waals surface area contributed by atoms with Crippen LogP contribution in [0.1, 0.15) is 12.7 Å². The number of ether oxygens (including phenoxy) is 1. The number of hydrogen-bond acceptors (Lipinski definition) is 5. The third-order valence-corrected chi connectivity index (χ3v) is 2.72. The van der Waals surface area contributed by atoms with Crippen molar-refractivity contribution in [2.45, 2.75) is 13.3 Å². The van der Waals surface area contributed by atoms with Crippen LogP contribution in [-0.2, 0) is 11.2 Å². The van der Waals surface area contributed by atoms with E-state index in [-0.39, 0.29) is 0 Å². The standard InChI is InChI=1S/C12H14ClN3O2/c1-2-17-7-6-10-15-12(18-16-10)11-8(13)4-3-5-9(11)14/h3-5H,2,6-7,14H2,1H3. The molecule has 0 unspecified atom stereocenters. The molecule has 96 valence electrons. The Morgan fingerprint density at radius 1 is 1.44 bits per heavy atom. The van der Waals surface area contributed by atoms with Crippen molar-refractivity contribution < 1.29 is 9.26 Å². The van der Waals surface area contributed by atoms with E-state index in [9.17, 15) is 0 Å². The maximum absolute atomic E-state index is 6.07. The molecule has 0 amide bonds. The molecule has 18 heavy (non-hydrogen) atoms. The largest absolute Gasteiger partial charge is 0.398 e. The van der Waals surface area contributed by atoms with Crippen molar-refractivity contribution >= 4 is 17.3 Å². The maximum atomic E-state index is 6.07. The number of nitrogens with two attached hydrogens (primary N) is 1. The van der Waals surface area contributed by atoms with Gasteiger partial charge in [0.2, 0.25) is 0 Å². The molecule has 2 N–H and O–H groups in total. The molecule has 6 heteroatoms. The second kappa shape index (κ2) is 5.84. The summed E-state index contributed by atoms with van der Waals surface area (Å²) < 4.78 is 10.4. The van der Waals surface area contributed by atoms with Gasteiger partial charge in [-0.15, -0.1) is 0 Å². The van der Waals surface area contributed by atoms with Gasteiger partial charge in [0, 0.05) is 18.7 Å². The van der Waals surface area contributed by atoms with Crippen molar-refractivity contribution in [1.82, 2.24) is 10.1 Å². The average Bonchev–Trinajstić information content (AvgIpc) is 2.78. The maximum Gasteiger partial charge on any atom is 0.261 e. The fourth-order valence-electron chi connectivity index (χ4n) is 1.53. The smallest absolute Gasteiger partial charge is 0.261 e. The third-order valence-electron chi connectivity index (χ3n) is 2.40. The van der Waals surface area contributed by atoms with Crippen molar-refractivity contribution in [2.24, 2.45) is 0 Å². The summed E-state index contributed by atoms with van der Waals surface area (Å²) in [6, 6.07) is 5.25. The van der Waals surface area contributed by atoms with Gasteiger partial charge in [0.25, 0.3) is 5.89 Å². The van der Waals surface area contributed by atoms with Crippen LogP contribution in [0.25, 0.3) is 11.5 Å². The Morgan fingerprint density at radius 3 is 3.00 bits per heavy atom. The number of nitrogens with zero attached hydrogens (tertiary/aromatic N) is 2. The van der Waals surface area contributed by atoms with Crippen LogP contribution < -0.4 is 5.73 Å². The average molecular weight is 268 g/mol. The first-order valence-corrected chi connectivity index (χ1v) is 6.05. The van der Waals surface area contributed by atoms with E-state index in [1.54, 1.807) is 18.2 Å². The van der Waals surface area contributed by atoms with E-state index in [1.165, 1.54) is 0 Å². The van der Waals surface area contributed by atoms with E-state index < -0.39 is 0 Å². The van der Waals surface area contributed by atoms with Gasteiger partial charge in [0.15, 0.2) is 5.82 Å². The summed E-state index contributed by atoms with van der Waals surface area (Å²) in [4.78, 5) is 4.25. The van der Waals surface area contributed by atoms with Crippen LogP contribution in [0.4, 0.5) is 5.69 Å². The minimum atomic E-state index is 0.338. The number of aromatic nitrogens is 2. The molecule has 0 aliphatic heterocycles. The van der Waals surface area contributed by atoms with E-state index in [1.807, 2.05) is 6.92 Å². The SMILES string of the molecule is CCOCCc1noc(-c2c(N)cccc2Cl)n1. The third kappa shape index (κ3) is 2.80. The lowest BCUT2D eigenvalue weighted by Gasteiger charge is -2.01. The highest BCUT2D eigenvalue weighted by Crippen LogP contribution is 2.31. The van der Waals surface area contributed by atoms with Gasteiger partial charge in [-0.25, -0.2) is 0 Å². The number of rotatable bonds is 5. The fraction of sp³-hybridized carbons (Fsp3) is 0.333. The summed E-state index contributed by atoms with van der Waals surface area (Å²) in [5, 5.41) is 4.36. The van der Waals surface area contributed by atoms with E-state index >= 15 is 0 Å². The summed E-state index contributed by atoms with van der Waals surface area (Å²) in [5.74, 6) is 0.919. The molecule has 0 spiro atoms. The minimum absolute atomic E-state index is 0.338. The molecular formula is C12H14ClN3O2. The molecule has 1 aromatic heterocycles. The molecule has 0 saturated carbocycles. The molecule has 0 saturated heterocycles. The topological polar surface area (TPSA) is 74.2 Å². The molecule has 0 fully saturated rings. The first kappa shape index (κ1) is 12.9. The Kier molecular flexibility index (Phi) is 4.17. The lowest BCUT2D eigenvalue weighted by molar-refractivity contribution is 0.149. The molecule has 0 atom stereocenters. The number of nitrogen functional groups attached to an aromatic ring is 1. The molecule has 0 bridgehead atoms. The van der Waals surface area contributed by atoms with E-state index in [0.29, 0.717) is 47.6 Å². The number of anilines is 1. The fourth-order valence-corrected chi connectivity index (χ4v) is 1.79. The Balaban J connectivity index is 2.19. The molecule has 2 rings (SSSR count). The number of benzene rings is 1. The van der Waals surface area contributed by atoms with Crippen molar-refractivity contribution in [2.75, 3.05) is 18.9 Å². The van der Waals surface area contributed by atoms with E-state index in [4.69, 9.17) is 26.6 Å². The number of hydrogen-bond donors (Lipinski definition) is 1. The summed E-state index contributed by atoms with van der Waals surface area (Å²) in [7, 11) is 0. The van der Waals surface area contributed by atoms with Crippen molar-refractivity contribution in [3.8, 4) is 11.5 Å². The first-order chi connectivity index (χ1) is 8.72. The zero-order valence-electron chi connectivity index (χ0n) is 10.0. The molecule has 5 nitrogen and oxygen atoms in total. The Bertz CT molecular complexity index is 508. The predicted molar refractivity (Wildman–Crippen MR) is 69.4 cm³/mol. The van der Waals surface area contributed by atoms with Gasteiger partial charge in [-0.1, -0.05) is 22.8 Å². The highest BCUT2D eigenvalue weighted by atomic mass is 35.5. The zero-order valence-corrected chi connectivity index (χ0v) is 10.8. The zero-order chi connectivity index (χ0) is 13.0. The minimum Gasteiger partial charge on any atom is -0.398 e. The van der Waals surface area contributed by atoms with Gasteiger partial charge in [0.1, 0.15) is 0 Å². The Hall–Kier alpha value is -1.59. The summed E-state index contributed by atoms with van der Waals surface area (Å²) >= 11 is 6.07. The summed E-state index contributed by atoms with van der Waals surface area (Å²) in [5.41, 5.74) is 6.94. The lowest BCUT2D eigenvalue weighted by Crippen LogP contribution is -1.99. The van der Waals surface area contributed by atoms with Crippen molar-refractivity contribution in [3.05, 3.63) is 29.0 Å². The van der Waals surface area contributed by atoms with Crippen LogP contribution in [0.15, 0.2) is 22.7 Å². The normalized spacial score (nSPS) is 10.8. The Morgan fingerprint density at radius 2 is 2.28 bits per heavy atom. The van der Waals surface area contributed by atoms with Crippen molar-refractivity contribution in [3.63, 3.8) is 0 Å². The van der Waals surface area contributed by atoms with Gasteiger partial charge < -0.3 is 15.0 Å². The van der Waals surface area contributed by atoms with Gasteiger partial charge in [-0.2, -0.15) is 4.98 Å². The van der Waals surface area contributed by atoms with E-state index in [2.05, 4.69) is 10.1 Å². The van der Waals surface area contributed by atoms with E-state index in [0.717, 1.165) is 0 Å². The van der Waals surface area contributed by atoms with Crippen LogP contribution >= 0.6 is 11.6 Å². The van der Waals surface area contributed by atoms with Crippen LogP contribution in [0.5, 0.6) is 0 Å². The van der Waals surface area contributed by atoms with Crippen LogP contribution in [0, 0.1) is 0 Å². The van der Waals surface area contributed by atoms with Gasteiger partial charge >= 0.3 is 0 Å². The van der Waals surface area contributed by atoms with Gasteiger partial charge in [-0.3, -0.25) is 0 Å². The van der Waals surface area contributed by atoms with Crippen LogP contribution in [0.3, 0.4) is 0 Å². The molecular weight excluding hydrogens is 254 g/mol. The molecule has 1 heterocycles. The van der Waals surface area contributed by atoms with Gasteiger partial charge in [0.05, 0.1) is 17.2 Å². The predicted octanol–water partition coefficient (Wildman–Crippen LogP) is 2.55.